The van der Waals surface area contributed by atoms with E-state index < -0.39 is 0 Å². The van der Waals surface area contributed by atoms with Crippen LogP contribution in [0, 0.1) is 32.1 Å². The Balaban J connectivity index is 2.08. The Labute approximate surface area is 150 Å². The van der Waals surface area contributed by atoms with Crippen LogP contribution in [0.15, 0.2) is 29.6 Å². The van der Waals surface area contributed by atoms with Gasteiger partial charge >= 0.3 is 0 Å². The van der Waals surface area contributed by atoms with Crippen molar-refractivity contribution in [2.45, 2.75) is 38.6 Å². The second kappa shape index (κ2) is 7.33. The minimum atomic E-state index is 0.591. The second-order valence-corrected chi connectivity index (χ2v) is 8.09. The van der Waals surface area contributed by atoms with Gasteiger partial charge < -0.3 is 0 Å². The Morgan fingerprint density at radius 1 is 1.17 bits per heavy atom. The molecule has 0 spiro atoms. The zero-order valence-electron chi connectivity index (χ0n) is 14.1. The summed E-state index contributed by atoms with van der Waals surface area (Å²) in [6.45, 7) is 6.44. The molecule has 5 heteroatoms. The van der Waals surface area contributed by atoms with Gasteiger partial charge in [-0.2, -0.15) is 5.26 Å². The van der Waals surface area contributed by atoms with E-state index in [2.05, 4.69) is 55.0 Å². The molecule has 2 heterocycles. The third-order valence-electron chi connectivity index (χ3n) is 4.10. The van der Waals surface area contributed by atoms with Crippen molar-refractivity contribution in [2.24, 2.45) is 0 Å². The van der Waals surface area contributed by atoms with E-state index in [1.165, 1.54) is 27.1 Å². The lowest BCUT2D eigenvalue weighted by Gasteiger charge is -2.08. The monoisotopic (exact) mass is 353 g/mol. The molecule has 0 bridgehead atoms. The Bertz CT molecular complexity index is 922. The van der Waals surface area contributed by atoms with Crippen molar-refractivity contribution in [1.82, 2.24) is 9.97 Å². The third kappa shape index (κ3) is 3.31. The van der Waals surface area contributed by atoms with E-state index in [1.807, 2.05) is 0 Å². The number of aromatic nitrogens is 2. The lowest BCUT2D eigenvalue weighted by molar-refractivity contribution is 0.977. The molecular formula is C19H19N3S2. The van der Waals surface area contributed by atoms with E-state index >= 15 is 0 Å². The normalized spacial score (nSPS) is 10.9. The largest absolute Gasteiger partial charge is 0.229 e. The number of hydrogen-bond donors (Lipinski definition) is 0. The van der Waals surface area contributed by atoms with E-state index in [1.54, 1.807) is 29.4 Å². The summed E-state index contributed by atoms with van der Waals surface area (Å²) in [5, 5.41) is 10.9. The fourth-order valence-corrected chi connectivity index (χ4v) is 4.72. The SMILES string of the molecule is Cc1ccc(-c2c(C)sc3ncnc(SCCCC#N)c23)cc1C. The van der Waals surface area contributed by atoms with Crippen molar-refractivity contribution in [2.75, 3.05) is 5.75 Å². The maximum Gasteiger partial charge on any atom is 0.128 e. The number of benzene rings is 1. The summed E-state index contributed by atoms with van der Waals surface area (Å²) >= 11 is 3.45. The van der Waals surface area contributed by atoms with Gasteiger partial charge in [-0.15, -0.1) is 23.1 Å². The lowest BCUT2D eigenvalue weighted by atomic mass is 9.99. The molecule has 24 heavy (non-hydrogen) atoms. The molecule has 0 aliphatic rings. The lowest BCUT2D eigenvalue weighted by Crippen LogP contribution is -1.89. The summed E-state index contributed by atoms with van der Waals surface area (Å²) in [7, 11) is 0. The van der Waals surface area contributed by atoms with Crippen LogP contribution in [0.3, 0.4) is 0 Å². The Hall–Kier alpha value is -1.90. The predicted octanol–water partition coefficient (Wildman–Crippen LogP) is 5.68. The first kappa shape index (κ1) is 16.9. The summed E-state index contributed by atoms with van der Waals surface area (Å²) in [6, 6.07) is 8.82. The zero-order chi connectivity index (χ0) is 17.1. The topological polar surface area (TPSA) is 49.6 Å². The van der Waals surface area contributed by atoms with E-state index in [0.717, 1.165) is 27.4 Å². The first-order valence-corrected chi connectivity index (χ1v) is 9.73. The molecule has 0 aliphatic heterocycles. The fraction of sp³-hybridized carbons (Fsp3) is 0.316. The molecule has 2 aromatic heterocycles. The first-order valence-electron chi connectivity index (χ1n) is 7.93. The second-order valence-electron chi connectivity index (χ2n) is 5.80. The highest BCUT2D eigenvalue weighted by Gasteiger charge is 2.17. The van der Waals surface area contributed by atoms with Crippen LogP contribution in [0.2, 0.25) is 0 Å². The van der Waals surface area contributed by atoms with Crippen LogP contribution >= 0.6 is 23.1 Å². The number of nitrogens with zero attached hydrogens (tertiary/aromatic N) is 3. The highest BCUT2D eigenvalue weighted by molar-refractivity contribution is 7.99. The highest BCUT2D eigenvalue weighted by atomic mass is 32.2. The molecule has 0 amide bonds. The van der Waals surface area contributed by atoms with Gasteiger partial charge in [0.25, 0.3) is 0 Å². The number of thioether (sulfide) groups is 1. The van der Waals surface area contributed by atoms with E-state index in [-0.39, 0.29) is 0 Å². The molecule has 3 aromatic rings. The van der Waals surface area contributed by atoms with Crippen LogP contribution in [0.4, 0.5) is 0 Å². The average Bonchev–Trinajstić information content (AvgIpc) is 2.91. The number of fused-ring (bicyclic) bond motifs is 1. The molecule has 1 aromatic carbocycles. The number of aryl methyl sites for hydroxylation is 3. The van der Waals surface area contributed by atoms with E-state index in [4.69, 9.17) is 5.26 Å². The van der Waals surface area contributed by atoms with E-state index in [9.17, 15) is 0 Å². The molecule has 0 radical (unpaired) electrons. The summed E-state index contributed by atoms with van der Waals surface area (Å²) in [5.74, 6) is 0.904. The van der Waals surface area contributed by atoms with Gasteiger partial charge in [-0.1, -0.05) is 18.2 Å². The molecule has 0 aliphatic carbocycles. The van der Waals surface area contributed by atoms with Crippen molar-refractivity contribution in [3.05, 3.63) is 40.5 Å². The Morgan fingerprint density at radius 3 is 2.75 bits per heavy atom. The van der Waals surface area contributed by atoms with Crippen molar-refractivity contribution in [1.29, 1.82) is 5.26 Å². The van der Waals surface area contributed by atoms with Crippen LogP contribution in [-0.2, 0) is 0 Å². The van der Waals surface area contributed by atoms with Crippen LogP contribution < -0.4 is 0 Å². The van der Waals surface area contributed by atoms with Crippen molar-refractivity contribution < 1.29 is 0 Å². The quantitative estimate of drug-likeness (QED) is 0.336. The summed E-state index contributed by atoms with van der Waals surface area (Å²) in [5.41, 5.74) is 5.08. The van der Waals surface area contributed by atoms with Crippen molar-refractivity contribution in [3.63, 3.8) is 0 Å². The molecule has 3 nitrogen and oxygen atoms in total. The molecule has 0 atom stereocenters. The molecule has 0 unspecified atom stereocenters. The minimum absolute atomic E-state index is 0.591. The number of thiophene rings is 1. The molecule has 3 rings (SSSR count). The minimum Gasteiger partial charge on any atom is -0.229 e. The Kier molecular flexibility index (Phi) is 5.17. The number of rotatable bonds is 5. The summed E-state index contributed by atoms with van der Waals surface area (Å²) in [4.78, 5) is 11.3. The van der Waals surface area contributed by atoms with Crippen molar-refractivity contribution >= 4 is 33.3 Å². The smallest absolute Gasteiger partial charge is 0.128 e. The molecular weight excluding hydrogens is 334 g/mol. The van der Waals surface area contributed by atoms with Gasteiger partial charge in [-0.3, -0.25) is 0 Å². The zero-order valence-corrected chi connectivity index (χ0v) is 15.7. The fourth-order valence-electron chi connectivity index (χ4n) is 2.69. The molecule has 122 valence electrons. The van der Waals surface area contributed by atoms with Crippen LogP contribution in [0.25, 0.3) is 21.3 Å². The van der Waals surface area contributed by atoms with Crippen LogP contribution in [-0.4, -0.2) is 15.7 Å². The maximum absolute atomic E-state index is 8.70. The van der Waals surface area contributed by atoms with Crippen LogP contribution in [0.1, 0.15) is 28.8 Å². The third-order valence-corrected chi connectivity index (χ3v) is 6.19. The standard InChI is InChI=1S/C19H19N3S2/c1-12-6-7-15(10-13(12)2)16-14(3)24-19-17(16)18(21-11-22-19)23-9-5-4-8-20/h6-7,10-11H,4-5,9H2,1-3H3. The average molecular weight is 354 g/mol. The molecule has 0 saturated heterocycles. The van der Waals surface area contributed by atoms with Crippen molar-refractivity contribution in [3.8, 4) is 17.2 Å². The summed E-state index contributed by atoms with van der Waals surface area (Å²) < 4.78 is 0. The van der Waals surface area contributed by atoms with Gasteiger partial charge in [0.2, 0.25) is 0 Å². The number of unbranched alkanes of at least 4 members (excludes halogenated alkanes) is 1. The van der Waals surface area contributed by atoms with E-state index in [0.29, 0.717) is 6.42 Å². The van der Waals surface area contributed by atoms with Gasteiger partial charge in [-0.05, 0) is 43.9 Å². The first-order chi connectivity index (χ1) is 11.6. The van der Waals surface area contributed by atoms with Crippen LogP contribution in [0.5, 0.6) is 0 Å². The molecule has 0 saturated carbocycles. The van der Waals surface area contributed by atoms with Gasteiger partial charge in [0.05, 0.1) is 11.5 Å². The Morgan fingerprint density at radius 2 is 2.00 bits per heavy atom. The summed E-state index contributed by atoms with van der Waals surface area (Å²) in [6.07, 6.45) is 3.12. The van der Waals surface area contributed by atoms with Gasteiger partial charge in [-0.25, -0.2) is 9.97 Å². The molecule has 0 N–H and O–H groups in total. The maximum atomic E-state index is 8.70. The van der Waals surface area contributed by atoms with Gasteiger partial charge in [0.1, 0.15) is 16.2 Å². The number of hydrogen-bond acceptors (Lipinski definition) is 5. The number of nitriles is 1. The highest BCUT2D eigenvalue weighted by Crippen LogP contribution is 2.41. The van der Waals surface area contributed by atoms with Gasteiger partial charge in [0, 0.05) is 22.6 Å². The predicted molar refractivity (Wildman–Crippen MR) is 103 cm³/mol. The molecule has 0 fully saturated rings. The van der Waals surface area contributed by atoms with Gasteiger partial charge in [0.15, 0.2) is 0 Å².